The van der Waals surface area contributed by atoms with Crippen LogP contribution in [0.25, 0.3) is 5.69 Å². The van der Waals surface area contributed by atoms with Gasteiger partial charge in [-0.15, -0.1) is 0 Å². The first-order chi connectivity index (χ1) is 14.0. The van der Waals surface area contributed by atoms with Crippen LogP contribution in [-0.4, -0.2) is 41.9 Å². The molecule has 0 bridgehead atoms. The first kappa shape index (κ1) is 18.7. The standard InChI is InChI=1S/C21H21N3O5/c1-27-13-5-7-17(28-2)15(9-13)24-11-22-20-14(10-19(26)23-21(20)24)12-4-6-16(25)18(8-12)29-3/h4-9,11,14,25H,10H2,1-3H3,(H,23,26). The van der Waals surface area contributed by atoms with Crippen LogP contribution < -0.4 is 19.5 Å². The Balaban J connectivity index is 1.84. The van der Waals surface area contributed by atoms with Gasteiger partial charge in [0.1, 0.15) is 23.6 Å². The fourth-order valence-electron chi connectivity index (χ4n) is 3.56. The van der Waals surface area contributed by atoms with E-state index >= 15 is 0 Å². The lowest BCUT2D eigenvalue weighted by molar-refractivity contribution is -0.116. The number of aromatic hydroxyl groups is 1. The zero-order chi connectivity index (χ0) is 20.5. The third-order valence-electron chi connectivity index (χ3n) is 5.02. The Morgan fingerprint density at radius 2 is 1.86 bits per heavy atom. The van der Waals surface area contributed by atoms with Crippen molar-refractivity contribution < 1.29 is 24.1 Å². The second kappa shape index (κ2) is 7.38. The molecule has 150 valence electrons. The number of carbonyl (C=O) groups is 1. The molecule has 8 heteroatoms. The van der Waals surface area contributed by atoms with Crippen molar-refractivity contribution in [1.29, 1.82) is 0 Å². The molecule has 2 aromatic carbocycles. The molecule has 0 fully saturated rings. The number of phenolic OH excluding ortho intramolecular Hbond substituents is 1. The van der Waals surface area contributed by atoms with Crippen molar-refractivity contribution in [2.75, 3.05) is 26.6 Å². The number of imidazole rings is 1. The zero-order valence-corrected chi connectivity index (χ0v) is 16.3. The van der Waals surface area contributed by atoms with E-state index in [1.54, 1.807) is 55.4 Å². The summed E-state index contributed by atoms with van der Waals surface area (Å²) >= 11 is 0. The third kappa shape index (κ3) is 3.22. The topological polar surface area (TPSA) is 94.8 Å². The molecule has 1 aliphatic heterocycles. The fourth-order valence-corrected chi connectivity index (χ4v) is 3.56. The number of ether oxygens (including phenoxy) is 3. The molecular weight excluding hydrogens is 374 g/mol. The maximum absolute atomic E-state index is 12.5. The van der Waals surface area contributed by atoms with E-state index in [0.717, 1.165) is 11.3 Å². The van der Waals surface area contributed by atoms with Crippen molar-refractivity contribution in [3.8, 4) is 28.7 Å². The summed E-state index contributed by atoms with van der Waals surface area (Å²) in [5, 5.41) is 12.8. The lowest BCUT2D eigenvalue weighted by Crippen LogP contribution is -2.25. The van der Waals surface area contributed by atoms with Crippen LogP contribution >= 0.6 is 0 Å². The molecule has 29 heavy (non-hydrogen) atoms. The van der Waals surface area contributed by atoms with Gasteiger partial charge in [-0.2, -0.15) is 0 Å². The molecule has 2 heterocycles. The molecule has 1 aromatic heterocycles. The number of anilines is 1. The number of rotatable bonds is 5. The van der Waals surface area contributed by atoms with Crippen LogP contribution in [-0.2, 0) is 4.79 Å². The van der Waals surface area contributed by atoms with E-state index in [9.17, 15) is 9.90 Å². The van der Waals surface area contributed by atoms with Crippen LogP contribution in [0, 0.1) is 0 Å². The van der Waals surface area contributed by atoms with Crippen LogP contribution in [0.15, 0.2) is 42.7 Å². The van der Waals surface area contributed by atoms with E-state index in [1.165, 1.54) is 7.11 Å². The number of hydrogen-bond acceptors (Lipinski definition) is 6. The molecule has 1 unspecified atom stereocenters. The summed E-state index contributed by atoms with van der Waals surface area (Å²) in [6, 6.07) is 10.5. The van der Waals surface area contributed by atoms with E-state index in [0.29, 0.717) is 28.8 Å². The summed E-state index contributed by atoms with van der Waals surface area (Å²) in [4.78, 5) is 17.1. The van der Waals surface area contributed by atoms with Gasteiger partial charge in [0.15, 0.2) is 11.5 Å². The van der Waals surface area contributed by atoms with Crippen molar-refractivity contribution in [2.24, 2.45) is 0 Å². The normalized spacial score (nSPS) is 15.4. The smallest absolute Gasteiger partial charge is 0.226 e. The van der Waals surface area contributed by atoms with Gasteiger partial charge in [-0.3, -0.25) is 9.36 Å². The van der Waals surface area contributed by atoms with E-state index in [-0.39, 0.29) is 24.0 Å². The minimum Gasteiger partial charge on any atom is -0.504 e. The van der Waals surface area contributed by atoms with Crippen LogP contribution in [0.3, 0.4) is 0 Å². The van der Waals surface area contributed by atoms with E-state index in [4.69, 9.17) is 14.2 Å². The Bertz CT molecular complexity index is 1080. The summed E-state index contributed by atoms with van der Waals surface area (Å²) in [7, 11) is 4.66. The average Bonchev–Trinajstić information content (AvgIpc) is 3.16. The predicted molar refractivity (Wildman–Crippen MR) is 106 cm³/mol. The number of phenols is 1. The van der Waals surface area contributed by atoms with Gasteiger partial charge in [0.05, 0.1) is 32.7 Å². The first-order valence-electron chi connectivity index (χ1n) is 9.02. The largest absolute Gasteiger partial charge is 0.504 e. The number of nitrogens with one attached hydrogen (secondary N) is 1. The highest BCUT2D eigenvalue weighted by atomic mass is 16.5. The first-order valence-corrected chi connectivity index (χ1v) is 9.02. The van der Waals surface area contributed by atoms with Gasteiger partial charge in [0.2, 0.25) is 5.91 Å². The van der Waals surface area contributed by atoms with E-state index < -0.39 is 0 Å². The molecule has 2 N–H and O–H groups in total. The average molecular weight is 395 g/mol. The number of nitrogens with zero attached hydrogens (tertiary/aromatic N) is 2. The highest BCUT2D eigenvalue weighted by Gasteiger charge is 2.32. The van der Waals surface area contributed by atoms with Crippen LogP contribution in [0.2, 0.25) is 0 Å². The van der Waals surface area contributed by atoms with Gasteiger partial charge in [-0.05, 0) is 29.8 Å². The van der Waals surface area contributed by atoms with Gasteiger partial charge < -0.3 is 24.6 Å². The lowest BCUT2D eigenvalue weighted by Gasteiger charge is -2.24. The van der Waals surface area contributed by atoms with Crippen LogP contribution in [0.1, 0.15) is 23.6 Å². The predicted octanol–water partition coefficient (Wildman–Crippen LogP) is 3.08. The second-order valence-corrected chi connectivity index (χ2v) is 6.62. The Labute approximate surface area is 167 Å². The maximum atomic E-state index is 12.5. The van der Waals surface area contributed by atoms with E-state index in [1.807, 2.05) is 6.07 Å². The van der Waals surface area contributed by atoms with Crippen molar-refractivity contribution in [3.63, 3.8) is 0 Å². The number of methoxy groups -OCH3 is 3. The summed E-state index contributed by atoms with van der Waals surface area (Å²) in [6.45, 7) is 0. The summed E-state index contributed by atoms with van der Waals surface area (Å²) in [5.74, 6) is 1.85. The molecule has 8 nitrogen and oxygen atoms in total. The Morgan fingerprint density at radius 1 is 1.07 bits per heavy atom. The minimum absolute atomic E-state index is 0.0448. The molecule has 4 rings (SSSR count). The molecule has 0 saturated carbocycles. The molecule has 3 aromatic rings. The van der Waals surface area contributed by atoms with Gasteiger partial charge >= 0.3 is 0 Å². The molecule has 1 aliphatic rings. The van der Waals surface area contributed by atoms with Crippen molar-refractivity contribution >= 4 is 11.7 Å². The van der Waals surface area contributed by atoms with Gasteiger partial charge in [0.25, 0.3) is 0 Å². The van der Waals surface area contributed by atoms with Crippen molar-refractivity contribution in [1.82, 2.24) is 9.55 Å². The Morgan fingerprint density at radius 3 is 2.59 bits per heavy atom. The highest BCUT2D eigenvalue weighted by molar-refractivity contribution is 5.94. The zero-order valence-electron chi connectivity index (χ0n) is 16.3. The number of benzene rings is 2. The minimum atomic E-state index is -0.272. The number of amides is 1. The monoisotopic (exact) mass is 395 g/mol. The number of hydrogen-bond donors (Lipinski definition) is 2. The maximum Gasteiger partial charge on any atom is 0.226 e. The van der Waals surface area contributed by atoms with Crippen molar-refractivity contribution in [3.05, 3.63) is 54.0 Å². The fraction of sp³-hybridized carbons (Fsp3) is 0.238. The van der Waals surface area contributed by atoms with Crippen LogP contribution in [0.5, 0.6) is 23.0 Å². The molecular formula is C21H21N3O5. The second-order valence-electron chi connectivity index (χ2n) is 6.62. The summed E-state index contributed by atoms with van der Waals surface area (Å²) in [6.07, 6.45) is 1.89. The summed E-state index contributed by atoms with van der Waals surface area (Å²) < 4.78 is 17.8. The molecule has 1 amide bonds. The third-order valence-corrected chi connectivity index (χ3v) is 5.02. The number of carbonyl (C=O) groups excluding carboxylic acids is 1. The van der Waals surface area contributed by atoms with Crippen molar-refractivity contribution in [2.45, 2.75) is 12.3 Å². The lowest BCUT2D eigenvalue weighted by atomic mass is 9.89. The Kier molecular flexibility index (Phi) is 4.75. The van der Waals surface area contributed by atoms with Gasteiger partial charge in [-0.25, -0.2) is 4.98 Å². The molecule has 0 spiro atoms. The molecule has 0 aliphatic carbocycles. The summed E-state index contributed by atoms with van der Waals surface area (Å²) in [5.41, 5.74) is 2.26. The van der Waals surface area contributed by atoms with Crippen LogP contribution in [0.4, 0.5) is 5.82 Å². The number of fused-ring (bicyclic) bond motifs is 1. The molecule has 0 saturated heterocycles. The highest BCUT2D eigenvalue weighted by Crippen LogP contribution is 2.41. The molecule has 1 atom stereocenters. The quantitative estimate of drug-likeness (QED) is 0.689. The SMILES string of the molecule is COc1ccc(OC)c(-n2cnc3c2NC(=O)CC3c2ccc(O)c(OC)c2)c1. The van der Waals surface area contributed by atoms with Gasteiger partial charge in [-0.1, -0.05) is 6.07 Å². The Hall–Kier alpha value is -3.68. The van der Waals surface area contributed by atoms with Gasteiger partial charge in [0, 0.05) is 18.4 Å². The van der Waals surface area contributed by atoms with E-state index in [2.05, 4.69) is 10.3 Å². The number of aromatic nitrogens is 2. The molecule has 0 radical (unpaired) electrons.